The number of nitrogens with two attached hydrogens (primary N) is 1. The van der Waals surface area contributed by atoms with Gasteiger partial charge in [0, 0.05) is 12.0 Å². The van der Waals surface area contributed by atoms with Gasteiger partial charge in [-0.25, -0.2) is 4.39 Å². The molecular weight excluding hydrogens is 265 g/mol. The highest BCUT2D eigenvalue weighted by atomic mass is 19.1. The van der Waals surface area contributed by atoms with Gasteiger partial charge in [-0.3, -0.25) is 4.79 Å². The summed E-state index contributed by atoms with van der Waals surface area (Å²) in [5.41, 5.74) is 7.35. The van der Waals surface area contributed by atoms with E-state index in [-0.39, 0.29) is 24.1 Å². The third-order valence-electron chi connectivity index (χ3n) is 3.15. The Kier molecular flexibility index (Phi) is 6.60. The molecule has 21 heavy (non-hydrogen) atoms. The van der Waals surface area contributed by atoms with Gasteiger partial charge in [0.25, 0.3) is 0 Å². The van der Waals surface area contributed by atoms with Gasteiger partial charge in [0.15, 0.2) is 0 Å². The van der Waals surface area contributed by atoms with Crippen molar-refractivity contribution in [1.29, 1.82) is 0 Å². The second kappa shape index (κ2) is 8.20. The Bertz CT molecular complexity index is 581. The normalized spacial score (nSPS) is 11.2. The quantitative estimate of drug-likeness (QED) is 0.884. The second-order valence-corrected chi connectivity index (χ2v) is 4.68. The lowest BCUT2D eigenvalue weighted by atomic mass is 9.94. The van der Waals surface area contributed by atoms with Crippen molar-refractivity contribution in [1.82, 2.24) is 0 Å². The molecule has 1 atom stereocenters. The van der Waals surface area contributed by atoms with E-state index in [0.717, 1.165) is 11.1 Å². The maximum absolute atomic E-state index is 14.1. The lowest BCUT2D eigenvalue weighted by Crippen LogP contribution is -2.13. The Balaban J connectivity index is 0.00000106. The Morgan fingerprint density at radius 3 is 2.29 bits per heavy atom. The first-order chi connectivity index (χ1) is 10.1. The molecule has 0 aliphatic heterocycles. The molecule has 0 aromatic heterocycles. The molecule has 2 nitrogen and oxygen atoms in total. The Morgan fingerprint density at radius 2 is 1.76 bits per heavy atom. The number of amides is 1. The summed E-state index contributed by atoms with van der Waals surface area (Å²) >= 11 is 0. The topological polar surface area (TPSA) is 43.1 Å². The predicted octanol–water partition coefficient (Wildman–Crippen LogP) is 4.50. The van der Waals surface area contributed by atoms with Gasteiger partial charge in [-0.1, -0.05) is 63.2 Å². The van der Waals surface area contributed by atoms with Crippen LogP contribution in [-0.2, 0) is 4.79 Å². The number of halogens is 1. The number of hydrogen-bond acceptors (Lipinski definition) is 1. The van der Waals surface area contributed by atoms with Gasteiger partial charge in [-0.05, 0) is 23.1 Å². The fourth-order valence-corrected chi connectivity index (χ4v) is 2.11. The summed E-state index contributed by atoms with van der Waals surface area (Å²) in [7, 11) is 0. The lowest BCUT2D eigenvalue weighted by Gasteiger charge is -2.11. The summed E-state index contributed by atoms with van der Waals surface area (Å²) in [5, 5.41) is 0. The fourth-order valence-electron chi connectivity index (χ4n) is 2.11. The highest BCUT2D eigenvalue weighted by molar-refractivity contribution is 5.74. The first kappa shape index (κ1) is 16.9. The maximum atomic E-state index is 14.1. The Labute approximate surface area is 125 Å². The largest absolute Gasteiger partial charge is 0.370 e. The van der Waals surface area contributed by atoms with E-state index < -0.39 is 0 Å². The van der Waals surface area contributed by atoms with E-state index in [1.807, 2.05) is 57.2 Å². The van der Waals surface area contributed by atoms with Gasteiger partial charge in [0.2, 0.25) is 5.91 Å². The van der Waals surface area contributed by atoms with Crippen LogP contribution in [0.4, 0.5) is 4.39 Å². The van der Waals surface area contributed by atoms with Crippen molar-refractivity contribution in [3.05, 3.63) is 59.9 Å². The van der Waals surface area contributed by atoms with Crippen LogP contribution in [0.5, 0.6) is 0 Å². The van der Waals surface area contributed by atoms with Crippen molar-refractivity contribution in [2.45, 2.75) is 33.1 Å². The van der Waals surface area contributed by atoms with Crippen LogP contribution in [0.2, 0.25) is 0 Å². The number of carbonyl (C=O) groups is 1. The number of rotatable bonds is 4. The highest BCUT2D eigenvalue weighted by Crippen LogP contribution is 2.27. The molecule has 112 valence electrons. The van der Waals surface area contributed by atoms with Gasteiger partial charge < -0.3 is 5.73 Å². The first-order valence-electron chi connectivity index (χ1n) is 7.21. The Hall–Kier alpha value is -2.16. The minimum Gasteiger partial charge on any atom is -0.370 e. The average Bonchev–Trinajstić information content (AvgIpc) is 2.49. The minimum atomic E-state index is -0.375. The molecule has 1 unspecified atom stereocenters. The van der Waals surface area contributed by atoms with E-state index >= 15 is 0 Å². The highest BCUT2D eigenvalue weighted by Gasteiger charge is 2.12. The van der Waals surface area contributed by atoms with E-state index in [0.29, 0.717) is 5.56 Å². The molecule has 2 aromatic carbocycles. The zero-order chi connectivity index (χ0) is 15.8. The minimum absolute atomic E-state index is 0.0724. The third kappa shape index (κ3) is 4.71. The van der Waals surface area contributed by atoms with Gasteiger partial charge in [-0.15, -0.1) is 0 Å². The van der Waals surface area contributed by atoms with Crippen molar-refractivity contribution < 1.29 is 9.18 Å². The maximum Gasteiger partial charge on any atom is 0.218 e. The fraction of sp³-hybridized carbons (Fsp3) is 0.278. The number of hydrogen-bond donors (Lipinski definition) is 1. The molecule has 2 aromatic rings. The van der Waals surface area contributed by atoms with Gasteiger partial charge >= 0.3 is 0 Å². The Morgan fingerprint density at radius 1 is 1.14 bits per heavy atom. The lowest BCUT2D eigenvalue weighted by molar-refractivity contribution is -0.118. The zero-order valence-electron chi connectivity index (χ0n) is 12.8. The molecule has 0 bridgehead atoms. The van der Waals surface area contributed by atoms with Gasteiger partial charge in [0.05, 0.1) is 0 Å². The molecule has 0 aliphatic rings. The molecule has 0 aliphatic carbocycles. The molecule has 3 heteroatoms. The van der Waals surface area contributed by atoms with E-state index in [2.05, 4.69) is 0 Å². The molecule has 0 heterocycles. The molecule has 0 saturated heterocycles. The smallest absolute Gasteiger partial charge is 0.218 e. The van der Waals surface area contributed by atoms with Crippen LogP contribution >= 0.6 is 0 Å². The van der Waals surface area contributed by atoms with Crippen LogP contribution in [0.1, 0.15) is 38.7 Å². The van der Waals surface area contributed by atoms with Crippen molar-refractivity contribution in [2.24, 2.45) is 5.73 Å². The van der Waals surface area contributed by atoms with E-state index in [1.165, 1.54) is 6.07 Å². The molecule has 2 rings (SSSR count). The van der Waals surface area contributed by atoms with E-state index in [4.69, 9.17) is 5.73 Å². The second-order valence-electron chi connectivity index (χ2n) is 4.68. The number of carbonyl (C=O) groups excluding carboxylic acids is 1. The van der Waals surface area contributed by atoms with Crippen LogP contribution < -0.4 is 5.73 Å². The van der Waals surface area contributed by atoms with Crippen LogP contribution in [0.15, 0.2) is 48.5 Å². The SMILES string of the molecule is CC.CC(CC(N)=O)c1ccc(-c2ccccc2)c(F)c1. The standard InChI is InChI=1S/C16H16FNO.C2H6/c1-11(9-16(18)19)13-7-8-14(15(17)10-13)12-5-3-2-4-6-12;1-2/h2-8,10-11H,9H2,1H3,(H2,18,19);1-2H3. The van der Waals surface area contributed by atoms with Crippen LogP contribution in [0.3, 0.4) is 0 Å². The third-order valence-corrected chi connectivity index (χ3v) is 3.15. The number of benzene rings is 2. The van der Waals surface area contributed by atoms with Crippen molar-refractivity contribution in [2.75, 3.05) is 0 Å². The molecule has 0 fully saturated rings. The van der Waals surface area contributed by atoms with Crippen LogP contribution in [0, 0.1) is 5.82 Å². The zero-order valence-corrected chi connectivity index (χ0v) is 12.8. The molecule has 0 saturated carbocycles. The summed E-state index contributed by atoms with van der Waals surface area (Å²) < 4.78 is 14.1. The van der Waals surface area contributed by atoms with E-state index in [1.54, 1.807) is 6.07 Å². The van der Waals surface area contributed by atoms with Crippen molar-refractivity contribution in [3.63, 3.8) is 0 Å². The summed E-state index contributed by atoms with van der Waals surface area (Å²) in [5.74, 6) is -0.725. The van der Waals surface area contributed by atoms with Gasteiger partial charge in [-0.2, -0.15) is 0 Å². The summed E-state index contributed by atoms with van der Waals surface area (Å²) in [4.78, 5) is 10.9. The van der Waals surface area contributed by atoms with Crippen LogP contribution in [-0.4, -0.2) is 5.91 Å². The first-order valence-corrected chi connectivity index (χ1v) is 7.21. The summed E-state index contributed by atoms with van der Waals surface area (Å²) in [6, 6.07) is 14.4. The summed E-state index contributed by atoms with van der Waals surface area (Å²) in [6.07, 6.45) is 0.226. The molecule has 1 amide bonds. The van der Waals surface area contributed by atoms with Crippen LogP contribution in [0.25, 0.3) is 11.1 Å². The van der Waals surface area contributed by atoms with E-state index in [9.17, 15) is 9.18 Å². The summed E-state index contributed by atoms with van der Waals surface area (Å²) in [6.45, 7) is 5.86. The average molecular weight is 287 g/mol. The monoisotopic (exact) mass is 287 g/mol. The van der Waals surface area contributed by atoms with Crippen molar-refractivity contribution >= 4 is 5.91 Å². The molecule has 2 N–H and O–H groups in total. The number of primary amides is 1. The molecule has 0 radical (unpaired) electrons. The molecular formula is C18H22FNO. The molecule has 0 spiro atoms. The predicted molar refractivity (Wildman–Crippen MR) is 85.4 cm³/mol. The van der Waals surface area contributed by atoms with Gasteiger partial charge in [0.1, 0.15) is 5.82 Å². The van der Waals surface area contributed by atoms with Crippen molar-refractivity contribution in [3.8, 4) is 11.1 Å².